The molecule has 0 aliphatic heterocycles. The van der Waals surface area contributed by atoms with Crippen LogP contribution in [-0.4, -0.2) is 46.2 Å². The molecule has 0 unspecified atom stereocenters. The van der Waals surface area contributed by atoms with E-state index in [-0.39, 0.29) is 33.6 Å². The van der Waals surface area contributed by atoms with Crippen LogP contribution >= 0.6 is 0 Å². The minimum absolute atomic E-state index is 0.0677. The fourth-order valence-electron chi connectivity index (χ4n) is 3.12. The van der Waals surface area contributed by atoms with Gasteiger partial charge in [0.15, 0.2) is 11.6 Å². The molecule has 0 aliphatic carbocycles. The van der Waals surface area contributed by atoms with Gasteiger partial charge in [0.25, 0.3) is 0 Å². The second kappa shape index (κ2) is 10.1. The zero-order valence-electron chi connectivity index (χ0n) is 19.8. The zero-order chi connectivity index (χ0) is 25.9. The summed E-state index contributed by atoms with van der Waals surface area (Å²) in [5.74, 6) is -0.913. The van der Waals surface area contributed by atoms with E-state index in [9.17, 15) is 21.9 Å². The second-order valence-electron chi connectivity index (χ2n) is 8.85. The lowest BCUT2D eigenvalue weighted by atomic mass is 9.82. The Labute approximate surface area is 201 Å². The van der Waals surface area contributed by atoms with E-state index in [2.05, 4.69) is 21.6 Å². The maximum absolute atomic E-state index is 12.5. The molecule has 1 atom stereocenters. The third-order valence-corrected chi connectivity index (χ3v) is 7.12. The number of nitrogens with two attached hydrogens (primary N) is 1. The number of phenols is 1. The standard InChI is InChI=1S/C22H31N5O5S2/c1-15(24-20(22(2,3)4)16-11-8-7-9-12-16)21(26-34(23,31)32)25-17-13-10-14-18(19(17)28)33(29,30)27(5)6/h7-14,20,24,28H,1H2,2-6H3,(H,25,26)(H2,23,31,32)/t20-/m0/s1. The maximum Gasteiger partial charge on any atom is 0.319 e. The number of amidine groups is 1. The molecule has 0 saturated heterocycles. The molecule has 0 aliphatic rings. The van der Waals surface area contributed by atoms with Crippen molar-refractivity contribution in [2.45, 2.75) is 31.7 Å². The van der Waals surface area contributed by atoms with Crippen LogP contribution in [0.4, 0.5) is 5.69 Å². The molecule has 5 N–H and O–H groups in total. The minimum atomic E-state index is -4.37. The van der Waals surface area contributed by atoms with Crippen molar-refractivity contribution in [1.29, 1.82) is 0 Å². The van der Waals surface area contributed by atoms with E-state index in [0.29, 0.717) is 0 Å². The summed E-state index contributed by atoms with van der Waals surface area (Å²) in [6, 6.07) is 13.2. The van der Waals surface area contributed by atoms with Crippen LogP contribution < -0.4 is 15.8 Å². The molecule has 0 bridgehead atoms. The third-order valence-electron chi connectivity index (χ3n) is 4.83. The summed E-state index contributed by atoms with van der Waals surface area (Å²) < 4.78 is 53.1. The van der Waals surface area contributed by atoms with Crippen molar-refractivity contribution in [3.63, 3.8) is 0 Å². The van der Waals surface area contributed by atoms with E-state index in [1.807, 2.05) is 51.1 Å². The highest BCUT2D eigenvalue weighted by Gasteiger charge is 2.28. The van der Waals surface area contributed by atoms with Crippen molar-refractivity contribution in [2.24, 2.45) is 15.0 Å². The van der Waals surface area contributed by atoms with Gasteiger partial charge in [0.1, 0.15) is 4.90 Å². The molecule has 2 aromatic carbocycles. The van der Waals surface area contributed by atoms with Crippen molar-refractivity contribution in [3.05, 3.63) is 66.4 Å². The first-order valence-corrected chi connectivity index (χ1v) is 13.1. The van der Waals surface area contributed by atoms with Crippen molar-refractivity contribution in [3.8, 4) is 5.75 Å². The van der Waals surface area contributed by atoms with Crippen molar-refractivity contribution in [1.82, 2.24) is 9.62 Å². The Balaban J connectivity index is 2.51. The molecule has 0 spiro atoms. The van der Waals surface area contributed by atoms with Gasteiger partial charge in [-0.2, -0.15) is 8.42 Å². The van der Waals surface area contributed by atoms with Crippen LogP contribution in [0.3, 0.4) is 0 Å². The molecular weight excluding hydrogens is 478 g/mol. The Bertz CT molecular complexity index is 1280. The number of aromatic hydroxyl groups is 1. The van der Waals surface area contributed by atoms with Gasteiger partial charge in [-0.05, 0) is 23.1 Å². The maximum atomic E-state index is 12.5. The van der Waals surface area contributed by atoms with Crippen molar-refractivity contribution >= 4 is 31.8 Å². The number of para-hydroxylation sites is 1. The van der Waals surface area contributed by atoms with Crippen LogP contribution in [-0.2, 0) is 20.2 Å². The van der Waals surface area contributed by atoms with Gasteiger partial charge in [0.05, 0.1) is 17.4 Å². The molecule has 2 rings (SSSR count). The predicted octanol–water partition coefficient (Wildman–Crippen LogP) is 2.55. The quantitative estimate of drug-likeness (QED) is 0.242. The van der Waals surface area contributed by atoms with Crippen LogP contribution in [0.15, 0.2) is 70.1 Å². The van der Waals surface area contributed by atoms with Gasteiger partial charge in [-0.1, -0.05) is 63.7 Å². The summed E-state index contributed by atoms with van der Waals surface area (Å²) in [4.78, 5) is -0.368. The zero-order valence-corrected chi connectivity index (χ0v) is 21.4. The van der Waals surface area contributed by atoms with Crippen molar-refractivity contribution in [2.75, 3.05) is 19.4 Å². The average molecular weight is 510 g/mol. The fraction of sp³-hybridized carbons (Fsp3) is 0.318. The highest BCUT2D eigenvalue weighted by molar-refractivity contribution is 7.89. The molecule has 34 heavy (non-hydrogen) atoms. The topological polar surface area (TPSA) is 154 Å². The molecule has 0 amide bonds. The lowest BCUT2D eigenvalue weighted by molar-refractivity contribution is 0.292. The summed E-state index contributed by atoms with van der Waals surface area (Å²) in [5.41, 5.74) is 0.574. The van der Waals surface area contributed by atoms with Crippen LogP contribution in [0.2, 0.25) is 0 Å². The van der Waals surface area contributed by atoms with Gasteiger partial charge in [0.2, 0.25) is 10.0 Å². The van der Waals surface area contributed by atoms with Gasteiger partial charge in [-0.25, -0.2) is 17.9 Å². The number of rotatable bonds is 8. The smallest absolute Gasteiger partial charge is 0.319 e. The first-order valence-electron chi connectivity index (χ1n) is 10.2. The monoisotopic (exact) mass is 509 g/mol. The van der Waals surface area contributed by atoms with E-state index in [1.165, 1.54) is 32.3 Å². The first kappa shape index (κ1) is 27.3. The molecular formula is C22H31N5O5S2. The van der Waals surface area contributed by atoms with Gasteiger partial charge >= 0.3 is 10.2 Å². The van der Waals surface area contributed by atoms with Gasteiger partial charge in [-0.3, -0.25) is 0 Å². The first-order chi connectivity index (χ1) is 15.5. The number of nitrogens with zero attached hydrogens (tertiary/aromatic N) is 2. The summed E-state index contributed by atoms with van der Waals surface area (Å²) in [7, 11) is -5.70. The van der Waals surface area contributed by atoms with Gasteiger partial charge in [0, 0.05) is 14.1 Å². The lowest BCUT2D eigenvalue weighted by Crippen LogP contribution is -2.36. The molecule has 2 aromatic rings. The number of nitrogens with one attached hydrogen (secondary N) is 2. The summed E-state index contributed by atoms with van der Waals surface area (Å²) in [6.07, 6.45) is 0. The molecule has 0 fully saturated rings. The van der Waals surface area contributed by atoms with Gasteiger partial charge < -0.3 is 15.7 Å². The number of hydrogen-bond donors (Lipinski definition) is 4. The Hall–Kier alpha value is -2.93. The average Bonchev–Trinajstić information content (AvgIpc) is 2.71. The number of benzene rings is 2. The Morgan fingerprint density at radius 2 is 1.65 bits per heavy atom. The number of phenolic OH excluding ortho intramolecular Hbond substituents is 1. The fourth-order valence-corrected chi connectivity index (χ4v) is 4.53. The number of anilines is 1. The summed E-state index contributed by atoms with van der Waals surface area (Å²) in [6.45, 7) is 9.90. The second-order valence-corrected chi connectivity index (χ2v) is 12.2. The van der Waals surface area contributed by atoms with Crippen LogP contribution in [0.25, 0.3) is 0 Å². The Morgan fingerprint density at radius 1 is 1.06 bits per heavy atom. The predicted molar refractivity (Wildman–Crippen MR) is 134 cm³/mol. The van der Waals surface area contributed by atoms with Gasteiger partial charge in [-0.15, -0.1) is 4.40 Å². The largest absolute Gasteiger partial charge is 0.504 e. The normalized spacial score (nSPS) is 14.0. The molecule has 0 heterocycles. The van der Waals surface area contributed by atoms with E-state index < -0.39 is 26.0 Å². The number of sulfonamides is 1. The van der Waals surface area contributed by atoms with E-state index in [1.54, 1.807) is 0 Å². The van der Waals surface area contributed by atoms with Crippen molar-refractivity contribution < 1.29 is 21.9 Å². The SMILES string of the molecule is C=C(N[C@@H](c1ccccc1)C(C)(C)C)C(=NS(N)(=O)=O)Nc1cccc(S(=O)(=O)N(C)C)c1O. The Kier molecular flexibility index (Phi) is 8.14. The van der Waals surface area contributed by atoms with E-state index >= 15 is 0 Å². The Morgan fingerprint density at radius 3 is 2.15 bits per heavy atom. The summed E-state index contributed by atoms with van der Waals surface area (Å²) >= 11 is 0. The molecule has 0 aromatic heterocycles. The van der Waals surface area contributed by atoms with Crippen LogP contribution in [0.1, 0.15) is 32.4 Å². The van der Waals surface area contributed by atoms with E-state index in [4.69, 9.17) is 5.14 Å². The third kappa shape index (κ3) is 6.79. The molecule has 10 nitrogen and oxygen atoms in total. The molecule has 0 saturated carbocycles. The van der Waals surface area contributed by atoms with E-state index in [0.717, 1.165) is 9.87 Å². The lowest BCUT2D eigenvalue weighted by Gasteiger charge is -2.33. The molecule has 186 valence electrons. The highest BCUT2D eigenvalue weighted by atomic mass is 32.2. The molecule has 12 heteroatoms. The molecule has 0 radical (unpaired) electrons. The van der Waals surface area contributed by atoms with Crippen LogP contribution in [0.5, 0.6) is 5.75 Å². The minimum Gasteiger partial charge on any atom is -0.504 e. The van der Waals surface area contributed by atoms with Crippen LogP contribution in [0, 0.1) is 5.41 Å². The number of hydrogen-bond acceptors (Lipinski definition) is 6. The summed E-state index contributed by atoms with van der Waals surface area (Å²) in [5, 5.41) is 21.6. The highest BCUT2D eigenvalue weighted by Crippen LogP contribution is 2.35.